The lowest BCUT2D eigenvalue weighted by Crippen LogP contribution is -2.45. The molecule has 0 aromatic heterocycles. The molecule has 1 aromatic rings. The van der Waals surface area contributed by atoms with Gasteiger partial charge in [-0.3, -0.25) is 4.79 Å². The summed E-state index contributed by atoms with van der Waals surface area (Å²) in [7, 11) is -3.41. The van der Waals surface area contributed by atoms with Crippen LogP contribution in [0.3, 0.4) is 0 Å². The Morgan fingerprint density at radius 2 is 1.93 bits per heavy atom. The SMILES string of the molecule is CC(N)C1CCCN(C(=O)CCc2ccc(S(=O)(=O)NC3CC3)cc2)C1.Cl. The Balaban J connectivity index is 0.00000261. The number of nitrogens with zero attached hydrogens (tertiary/aromatic N) is 1. The standard InChI is InChI=1S/C19H29N3O3S.ClH/c1-14(20)16-3-2-12-22(13-16)19(23)11-6-15-4-9-18(10-5-15)26(24,25)21-17-7-8-17;/h4-5,9-10,14,16-17,21H,2-3,6-8,11-13,20H2,1H3;1H. The van der Waals surface area contributed by atoms with Gasteiger partial charge in [0.05, 0.1) is 4.90 Å². The number of hydrogen-bond donors (Lipinski definition) is 2. The van der Waals surface area contributed by atoms with Crippen molar-refractivity contribution in [3.8, 4) is 0 Å². The van der Waals surface area contributed by atoms with E-state index in [4.69, 9.17) is 5.73 Å². The molecule has 152 valence electrons. The van der Waals surface area contributed by atoms with Crippen molar-refractivity contribution in [3.63, 3.8) is 0 Å². The van der Waals surface area contributed by atoms with E-state index in [2.05, 4.69) is 4.72 Å². The van der Waals surface area contributed by atoms with Gasteiger partial charge in [-0.25, -0.2) is 13.1 Å². The summed E-state index contributed by atoms with van der Waals surface area (Å²) in [5, 5.41) is 0. The molecule has 0 bridgehead atoms. The normalized spacial score (nSPS) is 21.4. The van der Waals surface area contributed by atoms with Gasteiger partial charge in [0, 0.05) is 31.6 Å². The summed E-state index contributed by atoms with van der Waals surface area (Å²) in [4.78, 5) is 14.7. The highest BCUT2D eigenvalue weighted by atomic mass is 35.5. The Kier molecular flexibility index (Phi) is 7.68. The van der Waals surface area contributed by atoms with Crippen LogP contribution in [0.5, 0.6) is 0 Å². The fraction of sp³-hybridized carbons (Fsp3) is 0.632. The predicted molar refractivity (Wildman–Crippen MR) is 108 cm³/mol. The Labute approximate surface area is 168 Å². The molecule has 3 N–H and O–H groups in total. The number of carbonyl (C=O) groups excluding carboxylic acids is 1. The van der Waals surface area contributed by atoms with Gasteiger partial charge < -0.3 is 10.6 Å². The van der Waals surface area contributed by atoms with E-state index in [1.807, 2.05) is 11.8 Å². The molecule has 0 spiro atoms. The average molecular weight is 416 g/mol. The van der Waals surface area contributed by atoms with Crippen LogP contribution in [0.4, 0.5) is 0 Å². The number of aryl methyl sites for hydroxylation is 1. The molecular formula is C19H30ClN3O3S. The highest BCUT2D eigenvalue weighted by molar-refractivity contribution is 7.89. The third kappa shape index (κ3) is 6.17. The van der Waals surface area contributed by atoms with Crippen molar-refractivity contribution < 1.29 is 13.2 Å². The second-order valence-electron chi connectivity index (χ2n) is 7.64. The van der Waals surface area contributed by atoms with E-state index in [0.717, 1.165) is 44.3 Å². The number of hydrogen-bond acceptors (Lipinski definition) is 4. The Hall–Kier alpha value is -1.15. The second-order valence-corrected chi connectivity index (χ2v) is 9.35. The quantitative estimate of drug-likeness (QED) is 0.712. The lowest BCUT2D eigenvalue weighted by Gasteiger charge is -2.34. The number of sulfonamides is 1. The third-order valence-electron chi connectivity index (χ3n) is 5.31. The molecule has 1 aliphatic carbocycles. The molecule has 2 atom stereocenters. The van der Waals surface area contributed by atoms with Crippen molar-refractivity contribution >= 4 is 28.3 Å². The van der Waals surface area contributed by atoms with Crippen LogP contribution < -0.4 is 10.5 Å². The van der Waals surface area contributed by atoms with E-state index in [-0.39, 0.29) is 35.3 Å². The van der Waals surface area contributed by atoms with Crippen molar-refractivity contribution in [1.82, 2.24) is 9.62 Å². The Morgan fingerprint density at radius 3 is 2.52 bits per heavy atom. The summed E-state index contributed by atoms with van der Waals surface area (Å²) in [6, 6.07) is 7.06. The smallest absolute Gasteiger partial charge is 0.240 e. The maximum atomic E-state index is 12.5. The van der Waals surface area contributed by atoms with Crippen LogP contribution in [0.1, 0.15) is 44.6 Å². The summed E-state index contributed by atoms with van der Waals surface area (Å²) in [6.07, 6.45) is 5.00. The number of carbonyl (C=O) groups is 1. The minimum absolute atomic E-state index is 0. The van der Waals surface area contributed by atoms with Crippen molar-refractivity contribution in [2.45, 2.75) is 62.4 Å². The summed E-state index contributed by atoms with van der Waals surface area (Å²) in [5.74, 6) is 0.540. The molecule has 1 aromatic carbocycles. The number of likely N-dealkylation sites (tertiary alicyclic amines) is 1. The van der Waals surface area contributed by atoms with Crippen LogP contribution in [0, 0.1) is 5.92 Å². The van der Waals surface area contributed by atoms with Gasteiger partial charge in [-0.2, -0.15) is 0 Å². The van der Waals surface area contributed by atoms with Crippen molar-refractivity contribution in [2.75, 3.05) is 13.1 Å². The van der Waals surface area contributed by atoms with Crippen LogP contribution in [0.15, 0.2) is 29.2 Å². The summed E-state index contributed by atoms with van der Waals surface area (Å²) >= 11 is 0. The fourth-order valence-electron chi connectivity index (χ4n) is 3.40. The number of rotatable bonds is 7. The molecule has 0 radical (unpaired) electrons. The minimum Gasteiger partial charge on any atom is -0.342 e. The number of piperidine rings is 1. The molecule has 1 saturated heterocycles. The van der Waals surface area contributed by atoms with Gasteiger partial charge in [-0.15, -0.1) is 12.4 Å². The van der Waals surface area contributed by atoms with E-state index < -0.39 is 10.0 Å². The second kappa shape index (κ2) is 9.37. The first-order chi connectivity index (χ1) is 12.3. The van der Waals surface area contributed by atoms with Crippen molar-refractivity contribution in [3.05, 3.63) is 29.8 Å². The molecule has 2 aliphatic rings. The van der Waals surface area contributed by atoms with Gasteiger partial charge in [-0.05, 0) is 62.6 Å². The molecule has 1 amide bonds. The highest BCUT2D eigenvalue weighted by Gasteiger charge is 2.28. The maximum absolute atomic E-state index is 12.5. The Morgan fingerprint density at radius 1 is 1.26 bits per heavy atom. The first kappa shape index (κ1) is 22.1. The van der Waals surface area contributed by atoms with Crippen LogP contribution in [0.2, 0.25) is 0 Å². The fourth-order valence-corrected chi connectivity index (χ4v) is 4.70. The van der Waals surface area contributed by atoms with E-state index in [9.17, 15) is 13.2 Å². The zero-order valence-corrected chi connectivity index (χ0v) is 17.4. The van der Waals surface area contributed by atoms with Crippen LogP contribution in [0.25, 0.3) is 0 Å². The Bertz CT molecular complexity index is 733. The summed E-state index contributed by atoms with van der Waals surface area (Å²) in [5.41, 5.74) is 6.96. The van der Waals surface area contributed by atoms with E-state index >= 15 is 0 Å². The molecule has 6 nitrogen and oxygen atoms in total. The van der Waals surface area contributed by atoms with E-state index in [1.165, 1.54) is 0 Å². The van der Waals surface area contributed by atoms with Crippen LogP contribution >= 0.6 is 12.4 Å². The van der Waals surface area contributed by atoms with Crippen molar-refractivity contribution in [2.24, 2.45) is 11.7 Å². The molecule has 1 saturated carbocycles. The zero-order valence-electron chi connectivity index (χ0n) is 15.8. The number of nitrogens with one attached hydrogen (secondary N) is 1. The molecule has 1 heterocycles. The zero-order chi connectivity index (χ0) is 18.7. The molecule has 2 unspecified atom stereocenters. The molecular weight excluding hydrogens is 386 g/mol. The van der Waals surface area contributed by atoms with Gasteiger partial charge in [-0.1, -0.05) is 12.1 Å². The topological polar surface area (TPSA) is 92.5 Å². The van der Waals surface area contributed by atoms with Gasteiger partial charge >= 0.3 is 0 Å². The predicted octanol–water partition coefficient (Wildman–Crippen LogP) is 2.07. The minimum atomic E-state index is -3.41. The summed E-state index contributed by atoms with van der Waals surface area (Å²) in [6.45, 7) is 3.57. The first-order valence-electron chi connectivity index (χ1n) is 9.50. The molecule has 3 rings (SSSR count). The lowest BCUT2D eigenvalue weighted by atomic mass is 9.92. The van der Waals surface area contributed by atoms with Gasteiger partial charge in [0.1, 0.15) is 0 Å². The highest BCUT2D eigenvalue weighted by Crippen LogP contribution is 2.23. The lowest BCUT2D eigenvalue weighted by molar-refractivity contribution is -0.133. The van der Waals surface area contributed by atoms with Crippen molar-refractivity contribution in [1.29, 1.82) is 0 Å². The third-order valence-corrected chi connectivity index (χ3v) is 6.85. The monoisotopic (exact) mass is 415 g/mol. The van der Waals surface area contributed by atoms with Gasteiger partial charge in [0.15, 0.2) is 0 Å². The number of benzene rings is 1. The first-order valence-corrected chi connectivity index (χ1v) is 11.0. The average Bonchev–Trinajstić information content (AvgIpc) is 3.43. The van der Waals surface area contributed by atoms with Gasteiger partial charge in [0.25, 0.3) is 0 Å². The number of halogens is 1. The number of nitrogens with two attached hydrogens (primary N) is 1. The molecule has 8 heteroatoms. The van der Waals surface area contributed by atoms with E-state index in [0.29, 0.717) is 18.8 Å². The van der Waals surface area contributed by atoms with Crippen LogP contribution in [-0.2, 0) is 21.2 Å². The van der Waals surface area contributed by atoms with E-state index in [1.54, 1.807) is 24.3 Å². The summed E-state index contributed by atoms with van der Waals surface area (Å²) < 4.78 is 27.0. The maximum Gasteiger partial charge on any atom is 0.240 e. The van der Waals surface area contributed by atoms with Gasteiger partial charge in [0.2, 0.25) is 15.9 Å². The number of amides is 1. The molecule has 1 aliphatic heterocycles. The molecule has 27 heavy (non-hydrogen) atoms. The largest absolute Gasteiger partial charge is 0.342 e. The molecule has 2 fully saturated rings. The van der Waals surface area contributed by atoms with Crippen LogP contribution in [-0.4, -0.2) is 44.4 Å².